The van der Waals surface area contributed by atoms with E-state index in [1.54, 1.807) is 0 Å². The summed E-state index contributed by atoms with van der Waals surface area (Å²) >= 11 is 0. The van der Waals surface area contributed by atoms with Crippen molar-refractivity contribution in [3.63, 3.8) is 0 Å². The number of benzene rings is 2. The van der Waals surface area contributed by atoms with Gasteiger partial charge in [-0.25, -0.2) is 25.3 Å². The zero-order chi connectivity index (χ0) is 29.8. The number of sulfonamides is 3. The summed E-state index contributed by atoms with van der Waals surface area (Å²) in [5.41, 5.74) is 0.235. The highest BCUT2D eigenvalue weighted by Gasteiger charge is 2.30. The summed E-state index contributed by atoms with van der Waals surface area (Å²) < 4.78 is 91.6. The van der Waals surface area contributed by atoms with Gasteiger partial charge in [0, 0.05) is 31.9 Å². The molecule has 41 heavy (non-hydrogen) atoms. The lowest BCUT2D eigenvalue weighted by molar-refractivity contribution is -0.114. The maximum Gasteiger partial charge on any atom is 0.246 e. The lowest BCUT2D eigenvalue weighted by atomic mass is 10.2. The molecule has 2 saturated heterocycles. The molecule has 0 aromatic heterocycles. The molecule has 16 heteroatoms. The van der Waals surface area contributed by atoms with Crippen LogP contribution in [-0.2, 0) is 39.6 Å². The summed E-state index contributed by atoms with van der Waals surface area (Å²) in [5, 5.41) is 2.56. The molecule has 2 aromatic rings. The summed E-state index contributed by atoms with van der Waals surface area (Å²) in [7, 11) is -10.3. The highest BCUT2D eigenvalue weighted by atomic mass is 32.2. The average Bonchev–Trinajstić information content (AvgIpc) is 2.96. The smallest absolute Gasteiger partial charge is 0.246 e. The first-order valence-corrected chi connectivity index (χ1v) is 17.7. The van der Waals surface area contributed by atoms with E-state index in [0.29, 0.717) is 13.1 Å². The Morgan fingerprint density at radius 2 is 1.49 bits per heavy atom. The Bertz CT molecular complexity index is 1570. The molecule has 0 aliphatic carbocycles. The third-order valence-electron chi connectivity index (χ3n) is 6.80. The van der Waals surface area contributed by atoms with Gasteiger partial charge in [-0.05, 0) is 55.3 Å². The van der Waals surface area contributed by atoms with Crippen molar-refractivity contribution in [3.05, 3.63) is 42.5 Å². The number of morpholine rings is 1. The van der Waals surface area contributed by atoms with Gasteiger partial charge >= 0.3 is 0 Å². The van der Waals surface area contributed by atoms with Gasteiger partial charge in [0.1, 0.15) is 17.2 Å². The summed E-state index contributed by atoms with van der Waals surface area (Å²) in [6.45, 7) is 1.14. The predicted octanol–water partition coefficient (Wildman–Crippen LogP) is 1.30. The molecule has 0 bridgehead atoms. The normalized spacial score (nSPS) is 17.6. The standard InChI is InChI=1S/C25H34N4O9S3/c1-37-23-11-6-20(18-24(23)41(35,36)27-12-4-3-5-13-27)26-25(30)19-29(39(2,31)32)21-7-9-22(10-8-21)40(33,34)28-14-16-38-17-15-28/h6-11,18H,3-5,12-17,19H2,1-2H3,(H,26,30). The summed E-state index contributed by atoms with van der Waals surface area (Å²) in [5.74, 6) is -0.606. The molecule has 2 fully saturated rings. The summed E-state index contributed by atoms with van der Waals surface area (Å²) in [6, 6.07) is 9.39. The maximum absolute atomic E-state index is 13.3. The van der Waals surface area contributed by atoms with E-state index in [2.05, 4.69) is 5.32 Å². The first-order valence-electron chi connectivity index (χ1n) is 13.0. The quantitative estimate of drug-likeness (QED) is 0.408. The number of methoxy groups -OCH3 is 1. The number of rotatable bonds is 10. The fraction of sp³-hybridized carbons (Fsp3) is 0.480. The minimum Gasteiger partial charge on any atom is -0.495 e. The van der Waals surface area contributed by atoms with Crippen LogP contribution in [0.5, 0.6) is 5.75 Å². The van der Waals surface area contributed by atoms with Crippen LogP contribution in [0.15, 0.2) is 52.3 Å². The van der Waals surface area contributed by atoms with E-state index >= 15 is 0 Å². The van der Waals surface area contributed by atoms with E-state index < -0.39 is 42.5 Å². The third-order valence-corrected chi connectivity index (χ3v) is 11.8. The third kappa shape index (κ3) is 7.18. The van der Waals surface area contributed by atoms with E-state index in [-0.39, 0.29) is 53.2 Å². The van der Waals surface area contributed by atoms with Crippen molar-refractivity contribution in [2.75, 3.05) is 68.9 Å². The van der Waals surface area contributed by atoms with Crippen molar-refractivity contribution >= 4 is 47.4 Å². The van der Waals surface area contributed by atoms with Gasteiger partial charge in [-0.3, -0.25) is 9.10 Å². The molecule has 13 nitrogen and oxygen atoms in total. The van der Waals surface area contributed by atoms with Gasteiger partial charge in [0.15, 0.2) is 0 Å². The van der Waals surface area contributed by atoms with Crippen LogP contribution in [0, 0.1) is 0 Å². The number of ether oxygens (including phenoxy) is 2. The zero-order valence-corrected chi connectivity index (χ0v) is 25.3. The topological polar surface area (TPSA) is 160 Å². The maximum atomic E-state index is 13.3. The lowest BCUT2D eigenvalue weighted by Gasteiger charge is -2.27. The van der Waals surface area contributed by atoms with Gasteiger partial charge < -0.3 is 14.8 Å². The zero-order valence-electron chi connectivity index (χ0n) is 22.9. The molecule has 0 unspecified atom stereocenters. The molecule has 2 heterocycles. The van der Waals surface area contributed by atoms with Crippen LogP contribution in [0.3, 0.4) is 0 Å². The molecule has 0 saturated carbocycles. The largest absolute Gasteiger partial charge is 0.495 e. The SMILES string of the molecule is COc1ccc(NC(=O)CN(c2ccc(S(=O)(=O)N3CCOCC3)cc2)S(C)(=O)=O)cc1S(=O)(=O)N1CCCCC1. The van der Waals surface area contributed by atoms with Crippen LogP contribution in [0.25, 0.3) is 0 Å². The van der Waals surface area contributed by atoms with Gasteiger partial charge in [0.2, 0.25) is 36.0 Å². The minimum absolute atomic E-state index is 0.0123. The van der Waals surface area contributed by atoms with Gasteiger partial charge in [0.25, 0.3) is 0 Å². The van der Waals surface area contributed by atoms with Crippen LogP contribution >= 0.6 is 0 Å². The Balaban J connectivity index is 1.53. The fourth-order valence-corrected chi connectivity index (χ4v) is 8.61. The molecule has 226 valence electrons. The lowest BCUT2D eigenvalue weighted by Crippen LogP contribution is -2.40. The van der Waals surface area contributed by atoms with Crippen LogP contribution in [0.2, 0.25) is 0 Å². The van der Waals surface area contributed by atoms with Crippen LogP contribution in [0.1, 0.15) is 19.3 Å². The van der Waals surface area contributed by atoms with Gasteiger partial charge in [-0.2, -0.15) is 8.61 Å². The van der Waals surface area contributed by atoms with E-state index in [1.807, 2.05) is 0 Å². The first kappa shape index (κ1) is 31.2. The molecule has 0 spiro atoms. The van der Waals surface area contributed by atoms with Crippen molar-refractivity contribution in [3.8, 4) is 5.75 Å². The fourth-order valence-electron chi connectivity index (χ4n) is 4.65. The van der Waals surface area contributed by atoms with E-state index in [4.69, 9.17) is 9.47 Å². The number of carbonyl (C=O) groups excluding carboxylic acids is 1. The summed E-state index contributed by atoms with van der Waals surface area (Å²) in [4.78, 5) is 12.9. The monoisotopic (exact) mass is 630 g/mol. The molecule has 0 radical (unpaired) electrons. The second-order valence-corrected chi connectivity index (χ2v) is 15.4. The van der Waals surface area contributed by atoms with E-state index in [9.17, 15) is 30.0 Å². The van der Waals surface area contributed by atoms with Crippen molar-refractivity contribution in [2.24, 2.45) is 0 Å². The molecule has 2 aliphatic heterocycles. The van der Waals surface area contributed by atoms with E-state index in [1.165, 1.54) is 58.2 Å². The molecular weight excluding hydrogens is 596 g/mol. The van der Waals surface area contributed by atoms with Crippen molar-refractivity contribution in [1.29, 1.82) is 0 Å². The van der Waals surface area contributed by atoms with Gasteiger partial charge in [-0.15, -0.1) is 0 Å². The molecular formula is C25H34N4O9S3. The first-order chi connectivity index (χ1) is 19.3. The van der Waals surface area contributed by atoms with Crippen LogP contribution < -0.4 is 14.4 Å². The number of piperidine rings is 1. The second-order valence-electron chi connectivity index (χ2n) is 9.66. The van der Waals surface area contributed by atoms with Crippen molar-refractivity contribution < 1.29 is 39.5 Å². The molecule has 1 amide bonds. The Morgan fingerprint density at radius 3 is 2.07 bits per heavy atom. The average molecular weight is 631 g/mol. The Kier molecular flexibility index (Phi) is 9.60. The number of nitrogens with one attached hydrogen (secondary N) is 1. The highest BCUT2D eigenvalue weighted by Crippen LogP contribution is 2.31. The second kappa shape index (κ2) is 12.6. The number of hydrogen-bond acceptors (Lipinski definition) is 9. The molecule has 0 atom stereocenters. The molecule has 4 rings (SSSR count). The minimum atomic E-state index is -3.96. The van der Waals surface area contributed by atoms with Gasteiger partial charge in [-0.1, -0.05) is 6.42 Å². The molecule has 1 N–H and O–H groups in total. The van der Waals surface area contributed by atoms with Crippen molar-refractivity contribution in [2.45, 2.75) is 29.1 Å². The number of carbonyl (C=O) groups is 1. The number of anilines is 2. The van der Waals surface area contributed by atoms with Crippen LogP contribution in [-0.4, -0.2) is 99.1 Å². The van der Waals surface area contributed by atoms with E-state index in [0.717, 1.165) is 29.8 Å². The number of nitrogens with zero attached hydrogens (tertiary/aromatic N) is 3. The number of amides is 1. The Hall–Kier alpha value is -2.76. The molecule has 2 aromatic carbocycles. The highest BCUT2D eigenvalue weighted by molar-refractivity contribution is 7.92. The Labute approximate surface area is 241 Å². The number of hydrogen-bond donors (Lipinski definition) is 1. The molecule has 2 aliphatic rings. The Morgan fingerprint density at radius 1 is 0.878 bits per heavy atom. The van der Waals surface area contributed by atoms with Gasteiger partial charge in [0.05, 0.1) is 37.2 Å². The van der Waals surface area contributed by atoms with Crippen molar-refractivity contribution in [1.82, 2.24) is 8.61 Å². The van der Waals surface area contributed by atoms with Crippen LogP contribution in [0.4, 0.5) is 11.4 Å². The predicted molar refractivity (Wildman–Crippen MR) is 152 cm³/mol. The summed E-state index contributed by atoms with van der Waals surface area (Å²) in [6.07, 6.45) is 3.37.